The molecule has 2 aliphatic rings. The molecule has 1 saturated heterocycles. The molecule has 24 heavy (non-hydrogen) atoms. The van der Waals surface area contributed by atoms with Gasteiger partial charge in [-0.2, -0.15) is 0 Å². The first kappa shape index (κ1) is 19.5. The third kappa shape index (κ3) is 5.10. The molecule has 138 valence electrons. The van der Waals surface area contributed by atoms with Crippen molar-refractivity contribution in [1.29, 1.82) is 0 Å². The summed E-state index contributed by atoms with van der Waals surface area (Å²) < 4.78 is 0. The number of hydrogen-bond donors (Lipinski definition) is 2. The average molecular weight is 334 g/mol. The Labute approximate surface area is 150 Å². The largest absolute Gasteiger partial charge is 0.392 e. The van der Waals surface area contributed by atoms with Gasteiger partial charge in [0.25, 0.3) is 0 Å². The van der Waals surface area contributed by atoms with Crippen LogP contribution in [-0.2, 0) is 0 Å². The van der Waals surface area contributed by atoms with E-state index in [9.17, 15) is 0 Å². The van der Waals surface area contributed by atoms with Crippen molar-refractivity contribution in [1.82, 2.24) is 15.5 Å². The maximum absolute atomic E-state index is 4.30. The van der Waals surface area contributed by atoms with Crippen LogP contribution in [0.4, 0.5) is 0 Å². The van der Waals surface area contributed by atoms with Gasteiger partial charge < -0.3 is 10.6 Å². The Bertz CT molecular complexity index is 388. The van der Waals surface area contributed by atoms with Crippen LogP contribution >= 0.6 is 0 Å². The number of nitrogens with one attached hydrogen (secondary N) is 2. The molecule has 1 unspecified atom stereocenters. The van der Waals surface area contributed by atoms with Gasteiger partial charge in [-0.1, -0.05) is 25.5 Å². The summed E-state index contributed by atoms with van der Waals surface area (Å²) in [7, 11) is 2.02. The summed E-state index contributed by atoms with van der Waals surface area (Å²) in [5.74, 6) is 1.40. The van der Waals surface area contributed by atoms with Crippen LogP contribution < -0.4 is 10.6 Å². The molecule has 0 aromatic carbocycles. The van der Waals surface area contributed by atoms with Crippen LogP contribution in [0.15, 0.2) is 24.9 Å². The fourth-order valence-electron chi connectivity index (χ4n) is 4.86. The Morgan fingerprint density at radius 1 is 1.29 bits per heavy atom. The Balaban J connectivity index is 1.94. The van der Waals surface area contributed by atoms with Crippen LogP contribution in [0.2, 0.25) is 0 Å². The molecule has 2 fully saturated rings. The number of nitrogens with zero attached hydrogens (tertiary/aromatic N) is 1. The first-order valence-corrected chi connectivity index (χ1v) is 10.0. The van der Waals surface area contributed by atoms with Gasteiger partial charge in [-0.05, 0) is 51.4 Å². The number of rotatable bonds is 7. The molecule has 1 aliphatic carbocycles. The third-order valence-corrected chi connectivity index (χ3v) is 6.48. The van der Waals surface area contributed by atoms with Gasteiger partial charge in [0.2, 0.25) is 0 Å². The number of piperazine rings is 1. The molecule has 3 heteroatoms. The predicted octanol–water partition coefficient (Wildman–Crippen LogP) is 3.94. The summed E-state index contributed by atoms with van der Waals surface area (Å²) in [6.45, 7) is 15.5. The highest BCUT2D eigenvalue weighted by molar-refractivity contribution is 5.01. The summed E-state index contributed by atoms with van der Waals surface area (Å²) in [5.41, 5.74) is 1.65. The Hall–Kier alpha value is -0.800. The standard InChI is InChI=1S/C21H39N3/c1-5-6-11-20(18(2)22-4)19-9-7-12-21(3,13-8-10-19)24-16-14-23-15-17-24/h5,19-20,22-23H,1-2,6-17H2,3-4H3. The van der Waals surface area contributed by atoms with Crippen LogP contribution in [-0.4, -0.2) is 43.7 Å². The van der Waals surface area contributed by atoms with Gasteiger partial charge in [-0.25, -0.2) is 0 Å². The summed E-state index contributed by atoms with van der Waals surface area (Å²) in [6, 6.07) is 0. The number of hydrogen-bond acceptors (Lipinski definition) is 3. The molecule has 0 spiro atoms. The van der Waals surface area contributed by atoms with Crippen LogP contribution in [0.3, 0.4) is 0 Å². The van der Waals surface area contributed by atoms with E-state index in [1.165, 1.54) is 63.7 Å². The quantitative estimate of drug-likeness (QED) is 0.691. The predicted molar refractivity (Wildman–Crippen MR) is 105 cm³/mol. The van der Waals surface area contributed by atoms with Crippen molar-refractivity contribution < 1.29 is 0 Å². The maximum Gasteiger partial charge on any atom is 0.0182 e. The molecule has 1 heterocycles. The lowest BCUT2D eigenvalue weighted by molar-refractivity contribution is 0.0566. The van der Waals surface area contributed by atoms with E-state index in [0.29, 0.717) is 11.5 Å². The van der Waals surface area contributed by atoms with Gasteiger partial charge in [0.05, 0.1) is 0 Å². The second kappa shape index (κ2) is 9.62. The van der Waals surface area contributed by atoms with E-state index in [4.69, 9.17) is 0 Å². The fourth-order valence-corrected chi connectivity index (χ4v) is 4.86. The first-order chi connectivity index (χ1) is 11.6. The van der Waals surface area contributed by atoms with Crippen molar-refractivity contribution in [3.05, 3.63) is 24.9 Å². The van der Waals surface area contributed by atoms with Gasteiger partial charge in [-0.15, -0.1) is 6.58 Å². The van der Waals surface area contributed by atoms with Gasteiger partial charge in [0.15, 0.2) is 0 Å². The molecule has 2 N–H and O–H groups in total. The molecule has 0 aromatic heterocycles. The molecular weight excluding hydrogens is 294 g/mol. The molecule has 1 atom stereocenters. The van der Waals surface area contributed by atoms with Crippen LogP contribution in [0.1, 0.15) is 58.3 Å². The Morgan fingerprint density at radius 3 is 2.46 bits per heavy atom. The molecule has 0 radical (unpaired) electrons. The zero-order chi connectivity index (χ0) is 17.4. The van der Waals surface area contributed by atoms with Crippen molar-refractivity contribution in [2.45, 2.75) is 63.8 Å². The fraction of sp³-hybridized carbons (Fsp3) is 0.810. The molecule has 0 amide bonds. The monoisotopic (exact) mass is 333 g/mol. The first-order valence-electron chi connectivity index (χ1n) is 10.0. The summed E-state index contributed by atoms with van der Waals surface area (Å²) >= 11 is 0. The zero-order valence-electron chi connectivity index (χ0n) is 16.1. The van der Waals surface area contributed by atoms with Crippen molar-refractivity contribution in [3.8, 4) is 0 Å². The lowest BCUT2D eigenvalue weighted by Crippen LogP contribution is -2.55. The van der Waals surface area contributed by atoms with Crippen molar-refractivity contribution in [2.24, 2.45) is 11.8 Å². The number of allylic oxidation sites excluding steroid dienone is 2. The van der Waals surface area contributed by atoms with Gasteiger partial charge in [0, 0.05) is 50.4 Å². The highest BCUT2D eigenvalue weighted by Crippen LogP contribution is 2.38. The summed E-state index contributed by atoms with van der Waals surface area (Å²) in [6.07, 6.45) is 12.5. The minimum Gasteiger partial charge on any atom is -0.392 e. The van der Waals surface area contributed by atoms with Gasteiger partial charge in [0.1, 0.15) is 0 Å². The molecule has 1 saturated carbocycles. The minimum atomic E-state index is 0.420. The highest BCUT2D eigenvalue weighted by atomic mass is 15.2. The zero-order valence-corrected chi connectivity index (χ0v) is 16.1. The van der Waals surface area contributed by atoms with E-state index < -0.39 is 0 Å². The average Bonchev–Trinajstić information content (AvgIpc) is 2.60. The van der Waals surface area contributed by atoms with Gasteiger partial charge >= 0.3 is 0 Å². The smallest absolute Gasteiger partial charge is 0.0182 e. The lowest BCUT2D eigenvalue weighted by atomic mass is 9.74. The second-order valence-electron chi connectivity index (χ2n) is 8.03. The van der Waals surface area contributed by atoms with E-state index in [1.807, 2.05) is 7.05 Å². The van der Waals surface area contributed by atoms with E-state index in [-0.39, 0.29) is 0 Å². The maximum atomic E-state index is 4.30. The van der Waals surface area contributed by atoms with E-state index >= 15 is 0 Å². The molecule has 1 aliphatic heterocycles. The molecule has 3 nitrogen and oxygen atoms in total. The van der Waals surface area contributed by atoms with Crippen molar-refractivity contribution in [2.75, 3.05) is 33.2 Å². The van der Waals surface area contributed by atoms with E-state index in [1.54, 1.807) is 0 Å². The van der Waals surface area contributed by atoms with Crippen LogP contribution in [0, 0.1) is 11.8 Å². The van der Waals surface area contributed by atoms with Crippen molar-refractivity contribution in [3.63, 3.8) is 0 Å². The molecule has 0 bridgehead atoms. The van der Waals surface area contributed by atoms with Gasteiger partial charge in [-0.3, -0.25) is 4.90 Å². The topological polar surface area (TPSA) is 27.3 Å². The minimum absolute atomic E-state index is 0.420. The Kier molecular flexibility index (Phi) is 7.83. The lowest BCUT2D eigenvalue weighted by Gasteiger charge is -2.46. The molecule has 0 aromatic rings. The normalized spacial score (nSPS) is 30.8. The molecule has 2 rings (SSSR count). The summed E-state index contributed by atoms with van der Waals surface area (Å²) in [4.78, 5) is 2.76. The van der Waals surface area contributed by atoms with Crippen LogP contribution in [0.25, 0.3) is 0 Å². The SMILES string of the molecule is C=CCCC(C(=C)NC)C1CCCC(C)(N2CCNCC2)CCC1. The highest BCUT2D eigenvalue weighted by Gasteiger charge is 2.34. The van der Waals surface area contributed by atoms with Crippen molar-refractivity contribution >= 4 is 0 Å². The summed E-state index contributed by atoms with van der Waals surface area (Å²) in [5, 5.41) is 6.82. The Morgan fingerprint density at radius 2 is 1.92 bits per heavy atom. The second-order valence-corrected chi connectivity index (χ2v) is 8.03. The third-order valence-electron chi connectivity index (χ3n) is 6.48. The van der Waals surface area contributed by atoms with E-state index in [0.717, 1.165) is 25.4 Å². The molecular formula is C21H39N3. The van der Waals surface area contributed by atoms with Crippen LogP contribution in [0.5, 0.6) is 0 Å². The van der Waals surface area contributed by atoms with E-state index in [2.05, 4.69) is 41.7 Å².